The Morgan fingerprint density at radius 2 is 2.17 bits per heavy atom. The topological polar surface area (TPSA) is 84.4 Å². The Labute approximate surface area is 159 Å². The van der Waals surface area contributed by atoms with Crippen molar-refractivity contribution < 1.29 is 4.52 Å². The highest BCUT2D eigenvalue weighted by molar-refractivity contribution is 14.0. The fraction of sp³-hybridized carbons (Fsp3) is 0.600. The highest BCUT2D eigenvalue weighted by Crippen LogP contribution is 2.18. The second-order valence-electron chi connectivity index (χ2n) is 5.85. The van der Waals surface area contributed by atoms with Crippen molar-refractivity contribution >= 4 is 29.9 Å². The lowest BCUT2D eigenvalue weighted by Gasteiger charge is -2.21. The van der Waals surface area contributed by atoms with Gasteiger partial charge in [0.1, 0.15) is 0 Å². The molecule has 0 aromatic carbocycles. The molecule has 0 amide bonds. The average molecular weight is 447 g/mol. The Kier molecular flexibility index (Phi) is 7.64. The molecule has 2 heterocycles. The number of nitrogens with zero attached hydrogens (tertiary/aromatic N) is 6. The first kappa shape index (κ1) is 20.4. The summed E-state index contributed by atoms with van der Waals surface area (Å²) in [6.45, 7) is 7.27. The normalized spacial score (nSPS) is 11.5. The van der Waals surface area contributed by atoms with E-state index in [1.165, 1.54) is 5.56 Å². The van der Waals surface area contributed by atoms with Crippen molar-refractivity contribution in [3.05, 3.63) is 29.2 Å². The largest absolute Gasteiger partial charge is 0.349 e. The van der Waals surface area contributed by atoms with E-state index < -0.39 is 0 Å². The Bertz CT molecular complexity index is 677. The third kappa shape index (κ3) is 5.18. The molecule has 0 atom stereocenters. The molecule has 0 radical (unpaired) electrons. The van der Waals surface area contributed by atoms with E-state index in [0.717, 1.165) is 18.2 Å². The number of aliphatic imine (C=N–C) groups is 1. The molecule has 134 valence electrons. The zero-order valence-corrected chi connectivity index (χ0v) is 17.4. The first-order chi connectivity index (χ1) is 10.9. The number of halogens is 1. The first-order valence-corrected chi connectivity index (χ1v) is 7.64. The van der Waals surface area contributed by atoms with E-state index in [9.17, 15) is 0 Å². The monoisotopic (exact) mass is 447 g/mol. The van der Waals surface area contributed by atoms with Crippen LogP contribution in [0.5, 0.6) is 0 Å². The molecule has 24 heavy (non-hydrogen) atoms. The highest BCUT2D eigenvalue weighted by atomic mass is 127. The van der Waals surface area contributed by atoms with Crippen LogP contribution in [0.2, 0.25) is 0 Å². The number of hydrogen-bond acceptors (Lipinski definition) is 5. The number of guanidine groups is 1. The van der Waals surface area contributed by atoms with Crippen molar-refractivity contribution in [1.29, 1.82) is 0 Å². The van der Waals surface area contributed by atoms with Gasteiger partial charge >= 0.3 is 0 Å². The van der Waals surface area contributed by atoms with Crippen LogP contribution in [0.1, 0.15) is 42.7 Å². The van der Waals surface area contributed by atoms with Crippen LogP contribution in [0, 0.1) is 6.92 Å². The minimum atomic E-state index is 0. The minimum Gasteiger partial charge on any atom is -0.349 e. The van der Waals surface area contributed by atoms with Crippen LogP contribution in [0.3, 0.4) is 0 Å². The standard InChI is InChI=1S/C15H25N7O.HI/c1-10(2)14-12(9-22(6)19-14)8-21(5)15(16-4)17-7-13-18-11(3)23-20-13;/h9-10H,7-8H2,1-6H3,(H,16,17);1H. The van der Waals surface area contributed by atoms with Gasteiger partial charge in [0, 0.05) is 46.4 Å². The van der Waals surface area contributed by atoms with Gasteiger partial charge < -0.3 is 14.7 Å². The minimum absolute atomic E-state index is 0. The van der Waals surface area contributed by atoms with Crippen LogP contribution in [-0.4, -0.2) is 44.9 Å². The number of nitrogens with one attached hydrogen (secondary N) is 1. The van der Waals surface area contributed by atoms with Gasteiger partial charge in [0.05, 0.1) is 12.2 Å². The first-order valence-electron chi connectivity index (χ1n) is 7.64. The average Bonchev–Trinajstić information content (AvgIpc) is 3.05. The summed E-state index contributed by atoms with van der Waals surface area (Å²) in [4.78, 5) is 10.5. The maximum Gasteiger partial charge on any atom is 0.223 e. The second kappa shape index (κ2) is 9.00. The van der Waals surface area contributed by atoms with Crippen molar-refractivity contribution in [3.8, 4) is 0 Å². The van der Waals surface area contributed by atoms with Crippen LogP contribution in [-0.2, 0) is 20.1 Å². The number of aromatic nitrogens is 4. The summed E-state index contributed by atoms with van der Waals surface area (Å²) in [7, 11) is 5.70. The zero-order chi connectivity index (χ0) is 17.0. The molecule has 0 saturated carbocycles. The maximum absolute atomic E-state index is 4.97. The van der Waals surface area contributed by atoms with Gasteiger partial charge in [0.2, 0.25) is 5.89 Å². The van der Waals surface area contributed by atoms with Crippen LogP contribution < -0.4 is 5.32 Å². The van der Waals surface area contributed by atoms with E-state index in [1.807, 2.05) is 18.8 Å². The lowest BCUT2D eigenvalue weighted by Crippen LogP contribution is -2.38. The summed E-state index contributed by atoms with van der Waals surface area (Å²) < 4.78 is 6.82. The van der Waals surface area contributed by atoms with Crippen molar-refractivity contribution in [2.24, 2.45) is 12.0 Å². The number of aryl methyl sites for hydroxylation is 2. The molecule has 9 heteroatoms. The van der Waals surface area contributed by atoms with Gasteiger partial charge in [-0.2, -0.15) is 10.1 Å². The molecule has 0 spiro atoms. The zero-order valence-electron chi connectivity index (χ0n) is 15.1. The molecule has 0 aliphatic rings. The SMILES string of the molecule is CN=C(NCc1noc(C)n1)N(C)Cc1cn(C)nc1C(C)C.I. The summed E-state index contributed by atoms with van der Waals surface area (Å²) in [6.07, 6.45) is 2.06. The van der Waals surface area contributed by atoms with Crippen molar-refractivity contribution in [1.82, 2.24) is 30.1 Å². The summed E-state index contributed by atoms with van der Waals surface area (Å²) in [6, 6.07) is 0. The van der Waals surface area contributed by atoms with Crippen molar-refractivity contribution in [2.45, 2.75) is 39.8 Å². The van der Waals surface area contributed by atoms with Gasteiger partial charge in [0.25, 0.3) is 0 Å². The molecule has 0 unspecified atom stereocenters. The molecule has 1 N–H and O–H groups in total. The molecule has 0 bridgehead atoms. The summed E-state index contributed by atoms with van der Waals surface area (Å²) in [5.74, 6) is 2.33. The van der Waals surface area contributed by atoms with E-state index in [4.69, 9.17) is 4.52 Å². The highest BCUT2D eigenvalue weighted by Gasteiger charge is 2.15. The molecular formula is C15H26IN7O. The Morgan fingerprint density at radius 3 is 2.71 bits per heavy atom. The summed E-state index contributed by atoms with van der Waals surface area (Å²) >= 11 is 0. The lowest BCUT2D eigenvalue weighted by molar-refractivity contribution is 0.386. The Balaban J connectivity index is 0.00000288. The van der Waals surface area contributed by atoms with Crippen molar-refractivity contribution in [3.63, 3.8) is 0 Å². The molecule has 2 aromatic rings. The maximum atomic E-state index is 4.97. The predicted octanol–water partition coefficient (Wildman–Crippen LogP) is 2.06. The van der Waals surface area contributed by atoms with E-state index >= 15 is 0 Å². The summed E-state index contributed by atoms with van der Waals surface area (Å²) in [5.41, 5.74) is 2.31. The summed E-state index contributed by atoms with van der Waals surface area (Å²) in [5, 5.41) is 11.7. The lowest BCUT2D eigenvalue weighted by atomic mass is 10.1. The van der Waals surface area contributed by atoms with Crippen LogP contribution in [0.4, 0.5) is 0 Å². The van der Waals surface area contributed by atoms with E-state index in [1.54, 1.807) is 14.0 Å². The van der Waals surface area contributed by atoms with Gasteiger partial charge in [-0.05, 0) is 5.92 Å². The van der Waals surface area contributed by atoms with E-state index in [-0.39, 0.29) is 24.0 Å². The molecule has 0 aliphatic carbocycles. The van der Waals surface area contributed by atoms with Crippen molar-refractivity contribution in [2.75, 3.05) is 14.1 Å². The second-order valence-corrected chi connectivity index (χ2v) is 5.85. The van der Waals surface area contributed by atoms with Crippen LogP contribution >= 0.6 is 24.0 Å². The molecule has 2 aromatic heterocycles. The molecule has 0 aliphatic heterocycles. The smallest absolute Gasteiger partial charge is 0.223 e. The number of hydrogen-bond donors (Lipinski definition) is 1. The predicted molar refractivity (Wildman–Crippen MR) is 103 cm³/mol. The van der Waals surface area contributed by atoms with Crippen LogP contribution in [0.25, 0.3) is 0 Å². The number of rotatable bonds is 5. The molecule has 0 fully saturated rings. The van der Waals surface area contributed by atoms with Gasteiger partial charge in [-0.15, -0.1) is 24.0 Å². The fourth-order valence-corrected chi connectivity index (χ4v) is 2.45. The molecule has 2 rings (SSSR count). The third-order valence-electron chi connectivity index (χ3n) is 3.44. The van der Waals surface area contributed by atoms with Crippen LogP contribution in [0.15, 0.2) is 15.7 Å². The Morgan fingerprint density at radius 1 is 1.46 bits per heavy atom. The quantitative estimate of drug-likeness (QED) is 0.429. The van der Waals surface area contributed by atoms with Gasteiger partial charge in [-0.1, -0.05) is 19.0 Å². The Hall–Kier alpha value is -1.65. The van der Waals surface area contributed by atoms with Gasteiger partial charge in [-0.3, -0.25) is 9.67 Å². The van der Waals surface area contributed by atoms with Gasteiger partial charge in [-0.25, -0.2) is 0 Å². The van der Waals surface area contributed by atoms with E-state index in [2.05, 4.69) is 50.5 Å². The molecule has 8 nitrogen and oxygen atoms in total. The molecular weight excluding hydrogens is 421 g/mol. The molecule has 0 saturated heterocycles. The van der Waals surface area contributed by atoms with Gasteiger partial charge in [0.15, 0.2) is 11.8 Å². The fourth-order valence-electron chi connectivity index (χ4n) is 2.45. The third-order valence-corrected chi connectivity index (χ3v) is 3.44. The van der Waals surface area contributed by atoms with E-state index in [0.29, 0.717) is 24.2 Å².